The van der Waals surface area contributed by atoms with Gasteiger partial charge in [-0.3, -0.25) is 19.5 Å². The van der Waals surface area contributed by atoms with Crippen LogP contribution in [-0.2, 0) is 16.0 Å². The Balaban J connectivity index is 1.25. The second-order valence-electron chi connectivity index (χ2n) is 8.42. The van der Waals surface area contributed by atoms with Gasteiger partial charge in [0, 0.05) is 31.7 Å². The molecule has 2 fully saturated rings. The molecule has 2 N–H and O–H groups in total. The molecule has 2 aliphatic carbocycles. The molecule has 8 nitrogen and oxygen atoms in total. The van der Waals surface area contributed by atoms with Gasteiger partial charge in [0.2, 0.25) is 11.8 Å². The topological polar surface area (TPSA) is 99.8 Å². The van der Waals surface area contributed by atoms with E-state index in [1.807, 2.05) is 20.8 Å². The average Bonchev–Trinajstić information content (AvgIpc) is 3.47. The van der Waals surface area contributed by atoms with Crippen LogP contribution < -0.4 is 10.6 Å². The molecule has 2 heterocycles. The van der Waals surface area contributed by atoms with Crippen molar-refractivity contribution in [1.82, 2.24) is 20.7 Å². The van der Waals surface area contributed by atoms with Crippen LogP contribution in [0.5, 0.6) is 0 Å². The number of carbonyl (C=O) groups excluding carboxylic acids is 2. The van der Waals surface area contributed by atoms with Crippen molar-refractivity contribution in [2.75, 3.05) is 26.2 Å². The lowest BCUT2D eigenvalue weighted by Crippen LogP contribution is -2.43. The molecule has 1 saturated heterocycles. The number of guanidine groups is 1. The Morgan fingerprint density at radius 1 is 1.20 bits per heavy atom. The van der Waals surface area contributed by atoms with Gasteiger partial charge in [-0.1, -0.05) is 17.3 Å². The van der Waals surface area contributed by atoms with Crippen LogP contribution in [0.25, 0.3) is 0 Å². The second kappa shape index (κ2) is 8.62. The first kappa shape index (κ1) is 20.6. The van der Waals surface area contributed by atoms with Crippen LogP contribution in [0.2, 0.25) is 0 Å². The predicted molar refractivity (Wildman–Crippen MR) is 113 cm³/mol. The van der Waals surface area contributed by atoms with E-state index < -0.39 is 0 Å². The predicted octanol–water partition coefficient (Wildman–Crippen LogP) is 1.59. The Labute approximate surface area is 177 Å². The molecule has 1 aliphatic heterocycles. The molecule has 0 spiro atoms. The molecule has 2 amide bonds. The summed E-state index contributed by atoms with van der Waals surface area (Å²) < 4.78 is 5.20. The maximum atomic E-state index is 12.8. The molecule has 1 aromatic heterocycles. The highest BCUT2D eigenvalue weighted by Gasteiger charge is 2.58. The molecule has 0 aromatic carbocycles. The van der Waals surface area contributed by atoms with Gasteiger partial charge in [0.1, 0.15) is 5.76 Å². The second-order valence-corrected chi connectivity index (χ2v) is 8.42. The summed E-state index contributed by atoms with van der Waals surface area (Å²) in [6.07, 6.45) is 6.97. The lowest BCUT2D eigenvalue weighted by Gasteiger charge is -2.18. The third-order valence-electron chi connectivity index (χ3n) is 6.57. The van der Waals surface area contributed by atoms with E-state index in [0.29, 0.717) is 25.6 Å². The number of likely N-dealkylation sites (tertiary alicyclic amines) is 1. The Hall–Kier alpha value is -2.64. The number of nitrogens with one attached hydrogen (secondary N) is 2. The van der Waals surface area contributed by atoms with Gasteiger partial charge < -0.3 is 15.2 Å². The van der Waals surface area contributed by atoms with Crippen molar-refractivity contribution in [1.29, 1.82) is 0 Å². The summed E-state index contributed by atoms with van der Waals surface area (Å²) in [4.78, 5) is 31.6. The van der Waals surface area contributed by atoms with Gasteiger partial charge in [-0.15, -0.1) is 0 Å². The summed E-state index contributed by atoms with van der Waals surface area (Å²) >= 11 is 0. The van der Waals surface area contributed by atoms with Crippen LogP contribution in [0.1, 0.15) is 36.8 Å². The van der Waals surface area contributed by atoms with Crippen molar-refractivity contribution in [3.8, 4) is 0 Å². The summed E-state index contributed by atoms with van der Waals surface area (Å²) in [6.45, 7) is 8.19. The third-order valence-corrected chi connectivity index (χ3v) is 6.57. The van der Waals surface area contributed by atoms with Gasteiger partial charge in [0.15, 0.2) is 5.96 Å². The Morgan fingerprint density at radius 2 is 1.90 bits per heavy atom. The summed E-state index contributed by atoms with van der Waals surface area (Å²) in [5.41, 5.74) is 2.10. The number of allylic oxidation sites excluding steroid dienone is 2. The maximum absolute atomic E-state index is 12.8. The third kappa shape index (κ3) is 3.75. The lowest BCUT2D eigenvalue weighted by atomic mass is 9.85. The van der Waals surface area contributed by atoms with Crippen LogP contribution in [0, 0.1) is 37.5 Å². The summed E-state index contributed by atoms with van der Waals surface area (Å²) in [5, 5.41) is 10.5. The number of hydrogen-bond donors (Lipinski definition) is 2. The lowest BCUT2D eigenvalue weighted by molar-refractivity contribution is -0.140. The molecule has 3 aliphatic rings. The van der Waals surface area contributed by atoms with Gasteiger partial charge in [-0.25, -0.2) is 0 Å². The van der Waals surface area contributed by atoms with Gasteiger partial charge in [-0.05, 0) is 51.9 Å². The van der Waals surface area contributed by atoms with E-state index in [-0.39, 0.29) is 35.5 Å². The molecular weight excluding hydrogens is 382 g/mol. The molecule has 4 atom stereocenters. The summed E-state index contributed by atoms with van der Waals surface area (Å²) in [7, 11) is 0. The van der Waals surface area contributed by atoms with Gasteiger partial charge in [0.05, 0.1) is 17.5 Å². The monoisotopic (exact) mass is 413 g/mol. The number of aromatic nitrogens is 1. The van der Waals surface area contributed by atoms with E-state index in [0.717, 1.165) is 42.8 Å². The SMILES string of the molecule is CCNC(=NCCCc1c(C)noc1C)NCCN1C(=O)C2C3C=CC(C3)C2C1=O. The Bertz CT molecular complexity index is 825. The average molecular weight is 414 g/mol. The zero-order valence-electron chi connectivity index (χ0n) is 18.0. The van der Waals surface area contributed by atoms with E-state index in [4.69, 9.17) is 4.52 Å². The van der Waals surface area contributed by atoms with E-state index in [1.54, 1.807) is 0 Å². The van der Waals surface area contributed by atoms with E-state index in [1.165, 1.54) is 4.90 Å². The molecule has 1 aromatic rings. The molecule has 4 rings (SSSR count). The first-order valence-electron chi connectivity index (χ1n) is 11.0. The van der Waals surface area contributed by atoms with Crippen LogP contribution in [-0.4, -0.2) is 54.0 Å². The van der Waals surface area contributed by atoms with Crippen LogP contribution in [0.3, 0.4) is 0 Å². The number of aryl methyl sites for hydroxylation is 2. The summed E-state index contributed by atoms with van der Waals surface area (Å²) in [5.74, 6) is 1.84. The van der Waals surface area contributed by atoms with E-state index in [9.17, 15) is 9.59 Å². The normalized spacial score (nSPS) is 27.3. The fourth-order valence-corrected chi connectivity index (χ4v) is 5.12. The maximum Gasteiger partial charge on any atom is 0.233 e. The Kier molecular flexibility index (Phi) is 5.92. The molecule has 1 saturated carbocycles. The van der Waals surface area contributed by atoms with Crippen LogP contribution >= 0.6 is 0 Å². The highest BCUT2D eigenvalue weighted by Crippen LogP contribution is 2.52. The van der Waals surface area contributed by atoms with Crippen molar-refractivity contribution >= 4 is 17.8 Å². The van der Waals surface area contributed by atoms with Crippen LogP contribution in [0.15, 0.2) is 21.7 Å². The highest BCUT2D eigenvalue weighted by molar-refractivity contribution is 6.06. The molecule has 8 heteroatoms. The zero-order valence-corrected chi connectivity index (χ0v) is 18.0. The van der Waals surface area contributed by atoms with E-state index in [2.05, 4.69) is 32.9 Å². The molecule has 162 valence electrons. The highest BCUT2D eigenvalue weighted by atomic mass is 16.5. The number of rotatable bonds is 8. The minimum Gasteiger partial charge on any atom is -0.361 e. The first-order valence-corrected chi connectivity index (χ1v) is 11.0. The number of imide groups is 1. The molecule has 4 unspecified atom stereocenters. The fourth-order valence-electron chi connectivity index (χ4n) is 5.12. The van der Waals surface area contributed by atoms with Gasteiger partial charge in [0.25, 0.3) is 0 Å². The Morgan fingerprint density at radius 3 is 2.50 bits per heavy atom. The fraction of sp³-hybridized carbons (Fsp3) is 0.636. The number of nitrogens with zero attached hydrogens (tertiary/aromatic N) is 3. The molecule has 2 bridgehead atoms. The molecular formula is C22H31N5O3. The smallest absolute Gasteiger partial charge is 0.233 e. The van der Waals surface area contributed by atoms with Gasteiger partial charge >= 0.3 is 0 Å². The quantitative estimate of drug-likeness (QED) is 0.221. The number of amides is 2. The number of carbonyl (C=O) groups is 2. The van der Waals surface area contributed by atoms with Crippen molar-refractivity contribution in [3.63, 3.8) is 0 Å². The number of fused-ring (bicyclic) bond motifs is 5. The van der Waals surface area contributed by atoms with Crippen molar-refractivity contribution in [2.24, 2.45) is 28.7 Å². The van der Waals surface area contributed by atoms with Gasteiger partial charge in [-0.2, -0.15) is 0 Å². The van der Waals surface area contributed by atoms with Crippen LogP contribution in [0.4, 0.5) is 0 Å². The molecule has 30 heavy (non-hydrogen) atoms. The van der Waals surface area contributed by atoms with Crippen molar-refractivity contribution < 1.29 is 14.1 Å². The van der Waals surface area contributed by atoms with E-state index >= 15 is 0 Å². The number of aliphatic imine (C=N–C) groups is 1. The largest absolute Gasteiger partial charge is 0.361 e. The van der Waals surface area contributed by atoms with Crippen molar-refractivity contribution in [2.45, 2.75) is 40.0 Å². The minimum atomic E-state index is -0.126. The zero-order chi connectivity index (χ0) is 21.3. The minimum absolute atomic E-state index is 0.00468. The molecule has 0 radical (unpaired) electrons. The number of hydrogen-bond acceptors (Lipinski definition) is 5. The summed E-state index contributed by atoms with van der Waals surface area (Å²) in [6, 6.07) is 0. The van der Waals surface area contributed by atoms with Crippen molar-refractivity contribution in [3.05, 3.63) is 29.2 Å². The standard InChI is InChI=1S/C22H31N5O3/c1-4-23-22(24-9-5-6-17-13(2)26-30-14(17)3)25-10-11-27-20(28)18-15-7-8-16(12-15)19(18)21(27)29/h7-8,15-16,18-19H,4-6,9-12H2,1-3H3,(H2,23,24,25). The first-order chi connectivity index (χ1) is 14.5.